The molecule has 2 unspecified atom stereocenters. The van der Waals surface area contributed by atoms with Crippen LogP contribution < -0.4 is 5.32 Å². The van der Waals surface area contributed by atoms with Gasteiger partial charge in [-0.25, -0.2) is 9.78 Å². The molecule has 1 heterocycles. The number of carboxylic acid groups (broad SMARTS) is 1. The zero-order chi connectivity index (χ0) is 19.4. The molecule has 140 valence electrons. The summed E-state index contributed by atoms with van der Waals surface area (Å²) in [7, 11) is 0. The van der Waals surface area contributed by atoms with Crippen molar-refractivity contribution in [3.8, 4) is 0 Å². The van der Waals surface area contributed by atoms with Crippen molar-refractivity contribution in [1.82, 2.24) is 10.3 Å². The number of aromatic nitrogens is 1. The van der Waals surface area contributed by atoms with E-state index in [0.717, 1.165) is 20.8 Å². The van der Waals surface area contributed by atoms with Crippen LogP contribution in [0.1, 0.15) is 30.8 Å². The summed E-state index contributed by atoms with van der Waals surface area (Å²) in [5, 5.41) is 12.9. The molecular formula is C21H22N2O3S. The minimum atomic E-state index is -1.03. The molecule has 0 aliphatic carbocycles. The van der Waals surface area contributed by atoms with Crippen LogP contribution in [0.5, 0.6) is 0 Å². The Morgan fingerprint density at radius 3 is 2.44 bits per heavy atom. The van der Waals surface area contributed by atoms with E-state index < -0.39 is 17.4 Å². The lowest BCUT2D eigenvalue weighted by molar-refractivity contribution is -0.142. The number of thiazole rings is 1. The van der Waals surface area contributed by atoms with E-state index in [4.69, 9.17) is 0 Å². The van der Waals surface area contributed by atoms with Gasteiger partial charge in [-0.3, -0.25) is 4.79 Å². The summed E-state index contributed by atoms with van der Waals surface area (Å²) < 4.78 is 1.07. The largest absolute Gasteiger partial charge is 0.480 e. The average Bonchev–Trinajstić information content (AvgIpc) is 3.08. The highest BCUT2D eigenvalue weighted by Crippen LogP contribution is 2.32. The third-order valence-electron chi connectivity index (χ3n) is 4.77. The molecule has 0 saturated carbocycles. The SMILES string of the molecule is CCC(NC(=O)C(C)(Cc1nc2ccccc2s1)c1ccccc1)C(=O)O. The molecule has 2 atom stereocenters. The molecule has 1 aromatic heterocycles. The average molecular weight is 382 g/mol. The van der Waals surface area contributed by atoms with Gasteiger partial charge in [-0.2, -0.15) is 0 Å². The molecule has 27 heavy (non-hydrogen) atoms. The van der Waals surface area contributed by atoms with E-state index in [1.807, 2.05) is 61.5 Å². The van der Waals surface area contributed by atoms with Crippen LogP contribution in [0.2, 0.25) is 0 Å². The Kier molecular flexibility index (Phi) is 5.56. The lowest BCUT2D eigenvalue weighted by Gasteiger charge is -2.29. The number of nitrogens with zero attached hydrogens (tertiary/aromatic N) is 1. The van der Waals surface area contributed by atoms with Crippen LogP contribution >= 0.6 is 11.3 Å². The molecule has 0 spiro atoms. The first-order valence-electron chi connectivity index (χ1n) is 8.88. The number of carbonyl (C=O) groups is 2. The Hall–Kier alpha value is -2.73. The molecule has 0 saturated heterocycles. The number of aliphatic carboxylic acids is 1. The van der Waals surface area contributed by atoms with Gasteiger partial charge in [0.05, 0.1) is 20.6 Å². The highest BCUT2D eigenvalue weighted by molar-refractivity contribution is 7.18. The maximum Gasteiger partial charge on any atom is 0.326 e. The molecule has 2 aromatic carbocycles. The molecule has 0 aliphatic heterocycles. The summed E-state index contributed by atoms with van der Waals surface area (Å²) in [6, 6.07) is 16.4. The standard InChI is InChI=1S/C21H22N2O3S/c1-3-15(19(24)25)23-20(26)21(2,14-9-5-4-6-10-14)13-18-22-16-11-7-8-12-17(16)27-18/h4-12,15H,3,13H2,1-2H3,(H,23,26)(H,24,25). The van der Waals surface area contributed by atoms with Gasteiger partial charge in [-0.05, 0) is 31.0 Å². The predicted molar refractivity (Wildman–Crippen MR) is 107 cm³/mol. The fourth-order valence-corrected chi connectivity index (χ4v) is 4.20. The fraction of sp³-hybridized carbons (Fsp3) is 0.286. The predicted octanol–water partition coefficient (Wildman–Crippen LogP) is 3.78. The van der Waals surface area contributed by atoms with E-state index >= 15 is 0 Å². The molecular weight excluding hydrogens is 360 g/mol. The van der Waals surface area contributed by atoms with E-state index in [9.17, 15) is 14.7 Å². The first-order valence-corrected chi connectivity index (χ1v) is 9.69. The maximum atomic E-state index is 13.2. The second-order valence-electron chi connectivity index (χ2n) is 6.72. The number of carboxylic acids is 1. The van der Waals surface area contributed by atoms with Crippen molar-refractivity contribution in [2.45, 2.75) is 38.1 Å². The van der Waals surface area contributed by atoms with E-state index in [2.05, 4.69) is 10.3 Å². The summed E-state index contributed by atoms with van der Waals surface area (Å²) in [5.74, 6) is -1.33. The van der Waals surface area contributed by atoms with E-state index in [1.165, 1.54) is 0 Å². The van der Waals surface area contributed by atoms with Crippen molar-refractivity contribution in [3.05, 3.63) is 65.2 Å². The number of hydrogen-bond donors (Lipinski definition) is 2. The zero-order valence-corrected chi connectivity index (χ0v) is 16.1. The monoisotopic (exact) mass is 382 g/mol. The van der Waals surface area contributed by atoms with Crippen LogP contribution in [0.4, 0.5) is 0 Å². The van der Waals surface area contributed by atoms with Gasteiger partial charge >= 0.3 is 5.97 Å². The molecule has 0 bridgehead atoms. The number of hydrogen-bond acceptors (Lipinski definition) is 4. The summed E-state index contributed by atoms with van der Waals surface area (Å²) in [4.78, 5) is 29.2. The second kappa shape index (κ2) is 7.88. The molecule has 2 N–H and O–H groups in total. The fourth-order valence-electron chi connectivity index (χ4n) is 3.07. The first-order chi connectivity index (χ1) is 12.9. The molecule has 0 fully saturated rings. The topological polar surface area (TPSA) is 79.3 Å². The minimum absolute atomic E-state index is 0.304. The zero-order valence-electron chi connectivity index (χ0n) is 15.3. The van der Waals surface area contributed by atoms with Crippen molar-refractivity contribution in [1.29, 1.82) is 0 Å². The molecule has 5 nitrogen and oxygen atoms in total. The maximum absolute atomic E-state index is 13.2. The summed E-state index contributed by atoms with van der Waals surface area (Å²) in [6.45, 7) is 3.59. The highest BCUT2D eigenvalue weighted by atomic mass is 32.1. The normalized spacial score (nSPS) is 14.4. The van der Waals surface area contributed by atoms with Crippen molar-refractivity contribution in [2.24, 2.45) is 0 Å². The second-order valence-corrected chi connectivity index (χ2v) is 7.84. The van der Waals surface area contributed by atoms with Crippen molar-refractivity contribution in [3.63, 3.8) is 0 Å². The van der Waals surface area contributed by atoms with Crippen molar-refractivity contribution < 1.29 is 14.7 Å². The number of nitrogens with one attached hydrogen (secondary N) is 1. The Balaban J connectivity index is 1.97. The third-order valence-corrected chi connectivity index (χ3v) is 5.80. The number of carbonyl (C=O) groups excluding carboxylic acids is 1. The number of amides is 1. The van der Waals surface area contributed by atoms with Crippen LogP contribution in [0, 0.1) is 0 Å². The van der Waals surface area contributed by atoms with Gasteiger partial charge in [0.15, 0.2) is 0 Å². The molecule has 0 aliphatic rings. The Morgan fingerprint density at radius 1 is 1.15 bits per heavy atom. The van der Waals surface area contributed by atoms with Crippen molar-refractivity contribution in [2.75, 3.05) is 0 Å². The molecule has 0 radical (unpaired) electrons. The van der Waals surface area contributed by atoms with Crippen LogP contribution in [0.3, 0.4) is 0 Å². The van der Waals surface area contributed by atoms with Crippen molar-refractivity contribution >= 4 is 33.4 Å². The quantitative estimate of drug-likeness (QED) is 0.652. The molecule has 3 rings (SSSR count). The number of rotatable bonds is 7. The van der Waals surface area contributed by atoms with Gasteiger partial charge in [0, 0.05) is 6.42 Å². The third kappa shape index (κ3) is 4.01. The van der Waals surface area contributed by atoms with Gasteiger partial charge < -0.3 is 10.4 Å². The first kappa shape index (κ1) is 19.0. The number of para-hydroxylation sites is 1. The Bertz CT molecular complexity index is 921. The van der Waals surface area contributed by atoms with Crippen LogP contribution in [0.25, 0.3) is 10.2 Å². The highest BCUT2D eigenvalue weighted by Gasteiger charge is 2.38. The Labute approximate surface area is 162 Å². The molecule has 3 aromatic rings. The summed E-state index contributed by atoms with van der Waals surface area (Å²) in [6.07, 6.45) is 0.728. The van der Waals surface area contributed by atoms with Crippen LogP contribution in [0.15, 0.2) is 54.6 Å². The smallest absolute Gasteiger partial charge is 0.326 e. The Morgan fingerprint density at radius 2 is 1.81 bits per heavy atom. The van der Waals surface area contributed by atoms with Gasteiger partial charge in [0.25, 0.3) is 0 Å². The molecule has 1 amide bonds. The lowest BCUT2D eigenvalue weighted by atomic mass is 9.78. The summed E-state index contributed by atoms with van der Waals surface area (Å²) in [5.41, 5.74) is 0.824. The van der Waals surface area contributed by atoms with Gasteiger partial charge in [0.2, 0.25) is 5.91 Å². The van der Waals surface area contributed by atoms with E-state index in [-0.39, 0.29) is 5.91 Å². The number of benzene rings is 2. The van der Waals surface area contributed by atoms with Crippen LogP contribution in [-0.2, 0) is 21.4 Å². The lowest BCUT2D eigenvalue weighted by Crippen LogP contribution is -2.50. The van der Waals surface area contributed by atoms with E-state index in [0.29, 0.717) is 12.8 Å². The number of fused-ring (bicyclic) bond motifs is 1. The van der Waals surface area contributed by atoms with Crippen LogP contribution in [-0.4, -0.2) is 28.0 Å². The van der Waals surface area contributed by atoms with Gasteiger partial charge in [-0.15, -0.1) is 11.3 Å². The van der Waals surface area contributed by atoms with Gasteiger partial charge in [0.1, 0.15) is 6.04 Å². The van der Waals surface area contributed by atoms with E-state index in [1.54, 1.807) is 18.3 Å². The minimum Gasteiger partial charge on any atom is -0.480 e. The molecule has 6 heteroatoms. The van der Waals surface area contributed by atoms with Gasteiger partial charge in [-0.1, -0.05) is 49.4 Å². The summed E-state index contributed by atoms with van der Waals surface area (Å²) >= 11 is 1.56.